The van der Waals surface area contributed by atoms with Crippen LogP contribution < -0.4 is 0 Å². The summed E-state index contributed by atoms with van der Waals surface area (Å²) in [5.41, 5.74) is 5.25. The summed E-state index contributed by atoms with van der Waals surface area (Å²) in [6.07, 6.45) is 0. The highest BCUT2D eigenvalue weighted by atomic mass is 35.5. The zero-order valence-corrected chi connectivity index (χ0v) is 12.8. The second-order valence-electron chi connectivity index (χ2n) is 4.89. The van der Waals surface area contributed by atoms with Crippen LogP contribution in [0.15, 0.2) is 36.4 Å². The van der Waals surface area contributed by atoms with Crippen molar-refractivity contribution in [3.63, 3.8) is 0 Å². The molecule has 20 heavy (non-hydrogen) atoms. The third-order valence-corrected chi connectivity index (χ3v) is 3.97. The van der Waals surface area contributed by atoms with Crippen LogP contribution in [0.2, 0.25) is 5.02 Å². The summed E-state index contributed by atoms with van der Waals surface area (Å²) in [7, 11) is 0. The molecule has 0 amide bonds. The fraction of sp³-hybridized carbons (Fsp3) is 0.188. The van der Waals surface area contributed by atoms with Crippen molar-refractivity contribution in [3.8, 4) is 5.69 Å². The number of aryl methyl sites for hydroxylation is 2. The number of halogens is 2. The number of para-hydroxylation sites is 1. The van der Waals surface area contributed by atoms with Crippen LogP contribution in [-0.2, 0) is 5.88 Å². The molecule has 102 valence electrons. The fourth-order valence-electron chi connectivity index (χ4n) is 2.49. The molecule has 0 N–H and O–H groups in total. The maximum atomic E-state index is 6.38. The van der Waals surface area contributed by atoms with Gasteiger partial charge in [-0.05, 0) is 43.2 Å². The Bertz CT molecular complexity index is 791. The molecule has 1 aromatic heterocycles. The third kappa shape index (κ3) is 2.09. The molecule has 0 fully saturated rings. The zero-order chi connectivity index (χ0) is 14.3. The molecule has 0 unspecified atom stereocenters. The van der Waals surface area contributed by atoms with Crippen molar-refractivity contribution in [2.75, 3.05) is 0 Å². The van der Waals surface area contributed by atoms with Gasteiger partial charge in [-0.15, -0.1) is 11.6 Å². The van der Waals surface area contributed by atoms with Gasteiger partial charge < -0.3 is 0 Å². The molecule has 0 saturated carbocycles. The van der Waals surface area contributed by atoms with E-state index in [1.54, 1.807) is 0 Å². The first-order valence-corrected chi connectivity index (χ1v) is 7.32. The van der Waals surface area contributed by atoms with Crippen molar-refractivity contribution < 1.29 is 0 Å². The average Bonchev–Trinajstić information content (AvgIpc) is 2.81. The van der Waals surface area contributed by atoms with Crippen LogP contribution in [-0.4, -0.2) is 9.55 Å². The summed E-state index contributed by atoms with van der Waals surface area (Å²) in [5, 5.41) is 0.699. The monoisotopic (exact) mass is 304 g/mol. The second-order valence-corrected chi connectivity index (χ2v) is 5.57. The Balaban J connectivity index is 2.42. The van der Waals surface area contributed by atoms with E-state index in [9.17, 15) is 0 Å². The number of imidazole rings is 1. The molecule has 1 heterocycles. The zero-order valence-electron chi connectivity index (χ0n) is 11.3. The van der Waals surface area contributed by atoms with Crippen molar-refractivity contribution >= 4 is 34.2 Å². The minimum atomic E-state index is 0.346. The highest BCUT2D eigenvalue weighted by Gasteiger charge is 2.15. The molecule has 0 aliphatic rings. The van der Waals surface area contributed by atoms with Crippen molar-refractivity contribution in [2.45, 2.75) is 19.7 Å². The molecule has 2 aromatic carbocycles. The Labute approximate surface area is 128 Å². The van der Waals surface area contributed by atoms with E-state index in [1.807, 2.05) is 31.2 Å². The number of nitrogens with zero attached hydrogens (tertiary/aromatic N) is 2. The number of benzene rings is 2. The minimum absolute atomic E-state index is 0.346. The van der Waals surface area contributed by atoms with Crippen LogP contribution >= 0.6 is 23.2 Å². The van der Waals surface area contributed by atoms with Crippen molar-refractivity contribution in [2.24, 2.45) is 0 Å². The molecule has 0 bridgehead atoms. The summed E-state index contributed by atoms with van der Waals surface area (Å²) in [6.45, 7) is 4.12. The number of aromatic nitrogens is 2. The Morgan fingerprint density at radius 2 is 1.95 bits per heavy atom. The van der Waals surface area contributed by atoms with Crippen LogP contribution in [0.5, 0.6) is 0 Å². The van der Waals surface area contributed by atoms with Gasteiger partial charge in [0.25, 0.3) is 0 Å². The highest BCUT2D eigenvalue weighted by molar-refractivity contribution is 6.32. The highest BCUT2D eigenvalue weighted by Crippen LogP contribution is 2.30. The molecule has 0 radical (unpaired) electrons. The smallest absolute Gasteiger partial charge is 0.129 e. The van der Waals surface area contributed by atoms with Crippen LogP contribution in [0.4, 0.5) is 0 Å². The summed E-state index contributed by atoms with van der Waals surface area (Å²) in [4.78, 5) is 4.61. The normalized spacial score (nSPS) is 11.2. The molecule has 3 rings (SSSR count). The van der Waals surface area contributed by atoms with Gasteiger partial charge in [0.05, 0.1) is 27.6 Å². The predicted molar refractivity (Wildman–Crippen MR) is 85.1 cm³/mol. The minimum Gasteiger partial charge on any atom is -0.293 e. The molecule has 3 aromatic rings. The Morgan fingerprint density at radius 1 is 1.15 bits per heavy atom. The van der Waals surface area contributed by atoms with Crippen LogP contribution in [0.3, 0.4) is 0 Å². The number of rotatable bonds is 2. The molecule has 0 aliphatic heterocycles. The SMILES string of the molecule is Cc1ccc(Cl)c(-n2c(CCl)nc3cccc(C)c32)c1. The summed E-state index contributed by atoms with van der Waals surface area (Å²) in [6, 6.07) is 12.0. The standard InChI is InChI=1S/C16H14Cl2N2/c1-10-6-7-12(18)14(8-10)20-15(9-17)19-13-5-3-4-11(2)16(13)20/h3-8H,9H2,1-2H3. The summed E-state index contributed by atoms with van der Waals surface area (Å²) in [5.74, 6) is 1.15. The molecule has 0 atom stereocenters. The van der Waals surface area contributed by atoms with E-state index in [0.717, 1.165) is 33.7 Å². The van der Waals surface area contributed by atoms with Crippen molar-refractivity contribution in [1.82, 2.24) is 9.55 Å². The fourth-order valence-corrected chi connectivity index (χ4v) is 2.87. The molecular formula is C16H14Cl2N2. The van der Waals surface area contributed by atoms with E-state index < -0.39 is 0 Å². The van der Waals surface area contributed by atoms with E-state index >= 15 is 0 Å². The van der Waals surface area contributed by atoms with Crippen LogP contribution in [0, 0.1) is 13.8 Å². The topological polar surface area (TPSA) is 17.8 Å². The van der Waals surface area contributed by atoms with Gasteiger partial charge in [-0.3, -0.25) is 4.57 Å². The first-order chi connectivity index (χ1) is 9.61. The lowest BCUT2D eigenvalue weighted by molar-refractivity contribution is 0.977. The summed E-state index contributed by atoms with van der Waals surface area (Å²) < 4.78 is 2.06. The Morgan fingerprint density at radius 3 is 2.70 bits per heavy atom. The van der Waals surface area contributed by atoms with Crippen LogP contribution in [0.1, 0.15) is 17.0 Å². The lowest BCUT2D eigenvalue weighted by Crippen LogP contribution is -2.01. The summed E-state index contributed by atoms with van der Waals surface area (Å²) >= 11 is 12.4. The number of hydrogen-bond donors (Lipinski definition) is 0. The number of hydrogen-bond acceptors (Lipinski definition) is 1. The molecule has 0 saturated heterocycles. The van der Waals surface area contributed by atoms with Crippen molar-refractivity contribution in [1.29, 1.82) is 0 Å². The third-order valence-electron chi connectivity index (χ3n) is 3.41. The van der Waals surface area contributed by atoms with Gasteiger partial charge in [0.2, 0.25) is 0 Å². The van der Waals surface area contributed by atoms with Crippen LogP contribution in [0.25, 0.3) is 16.7 Å². The Hall–Kier alpha value is -1.51. The maximum Gasteiger partial charge on any atom is 0.129 e. The first-order valence-electron chi connectivity index (χ1n) is 6.41. The van der Waals surface area contributed by atoms with Gasteiger partial charge in [-0.1, -0.05) is 29.8 Å². The largest absolute Gasteiger partial charge is 0.293 e. The van der Waals surface area contributed by atoms with Gasteiger partial charge in [-0.25, -0.2) is 4.98 Å². The quantitative estimate of drug-likeness (QED) is 0.607. The second kappa shape index (κ2) is 5.12. The molecule has 0 aliphatic carbocycles. The molecule has 0 spiro atoms. The predicted octanol–water partition coefficient (Wildman–Crippen LogP) is 5.03. The Kier molecular flexibility index (Phi) is 3.45. The van der Waals surface area contributed by atoms with E-state index in [1.165, 1.54) is 0 Å². The van der Waals surface area contributed by atoms with Crippen molar-refractivity contribution in [3.05, 3.63) is 58.4 Å². The first kappa shape index (κ1) is 13.5. The van der Waals surface area contributed by atoms with Gasteiger partial charge >= 0.3 is 0 Å². The average molecular weight is 305 g/mol. The van der Waals surface area contributed by atoms with Gasteiger partial charge in [-0.2, -0.15) is 0 Å². The van der Waals surface area contributed by atoms with E-state index in [4.69, 9.17) is 23.2 Å². The number of alkyl halides is 1. The van der Waals surface area contributed by atoms with Gasteiger partial charge in [0, 0.05) is 0 Å². The lowest BCUT2D eigenvalue weighted by Gasteiger charge is -2.12. The van der Waals surface area contributed by atoms with Gasteiger partial charge in [0.15, 0.2) is 0 Å². The van der Waals surface area contributed by atoms with E-state index in [2.05, 4.69) is 28.6 Å². The van der Waals surface area contributed by atoms with Gasteiger partial charge in [0.1, 0.15) is 5.82 Å². The van der Waals surface area contributed by atoms with E-state index in [0.29, 0.717) is 10.9 Å². The lowest BCUT2D eigenvalue weighted by atomic mass is 10.2. The molecular weight excluding hydrogens is 291 g/mol. The maximum absolute atomic E-state index is 6.38. The molecule has 2 nitrogen and oxygen atoms in total. The number of fused-ring (bicyclic) bond motifs is 1. The van der Waals surface area contributed by atoms with E-state index in [-0.39, 0.29) is 0 Å². The molecule has 4 heteroatoms.